The van der Waals surface area contributed by atoms with Crippen molar-refractivity contribution >= 4 is 39.2 Å². The topological polar surface area (TPSA) is 140 Å². The quantitative estimate of drug-likeness (QED) is 0.215. The fourth-order valence-electron chi connectivity index (χ4n) is 2.64. The monoisotopic (exact) mass is 454 g/mol. The molecule has 0 spiro atoms. The maximum Gasteiger partial charge on any atom is 0.295 e. The number of hydrogen-bond donors (Lipinski definition) is 2. The van der Waals surface area contributed by atoms with Crippen molar-refractivity contribution in [2.45, 2.75) is 27.8 Å². The summed E-state index contributed by atoms with van der Waals surface area (Å²) in [5, 5.41) is 12.3. The number of thiophene rings is 1. The third kappa shape index (κ3) is 5.78. The minimum absolute atomic E-state index is 0.162. The molecule has 11 nitrogen and oxygen atoms in total. The number of hydrogen-bond acceptors (Lipinski definition) is 10. The number of methoxy groups -OCH3 is 1. The van der Waals surface area contributed by atoms with E-state index < -0.39 is 27.6 Å². The highest BCUT2D eigenvalue weighted by atomic mass is 32.3. The molecule has 2 heterocycles. The predicted octanol–water partition coefficient (Wildman–Crippen LogP) is 0.771. The second-order valence-corrected chi connectivity index (χ2v) is 10.0. The molecule has 158 valence electrons. The second kappa shape index (κ2) is 10.4. The Morgan fingerprint density at radius 3 is 2.93 bits per heavy atom. The van der Waals surface area contributed by atoms with Crippen LogP contribution in [0.3, 0.4) is 0 Å². The van der Waals surface area contributed by atoms with E-state index in [-0.39, 0.29) is 10.3 Å². The maximum atomic E-state index is 13.0. The smallest absolute Gasteiger partial charge is 0.295 e. The summed E-state index contributed by atoms with van der Waals surface area (Å²) in [5.41, 5.74) is 0.660. The van der Waals surface area contributed by atoms with E-state index in [1.807, 2.05) is 6.92 Å². The van der Waals surface area contributed by atoms with E-state index in [9.17, 15) is 23.3 Å². The molecule has 0 aromatic carbocycles. The molecule has 1 amide bonds. The highest BCUT2D eigenvalue weighted by Gasteiger charge is 2.38. The lowest BCUT2D eigenvalue weighted by Gasteiger charge is -2.32. The molecular weight excluding hydrogens is 432 g/mol. The minimum Gasteiger partial charge on any atom is -0.385 e. The van der Waals surface area contributed by atoms with Gasteiger partial charge in [0, 0.05) is 38.4 Å². The number of amides is 1. The number of fused-ring (bicyclic) bond motifs is 1. The summed E-state index contributed by atoms with van der Waals surface area (Å²) in [4.78, 5) is 25.7. The number of rotatable bonds is 11. The molecule has 1 atom stereocenters. The summed E-state index contributed by atoms with van der Waals surface area (Å²) in [6.07, 6.45) is 0.587. The molecule has 1 aliphatic rings. The Labute approximate surface area is 171 Å². The van der Waals surface area contributed by atoms with Gasteiger partial charge in [0.15, 0.2) is 6.61 Å². The lowest BCUT2D eigenvalue weighted by atomic mass is 10.1. The zero-order chi connectivity index (χ0) is 20.7. The van der Waals surface area contributed by atoms with Gasteiger partial charge in [-0.2, -0.15) is 4.31 Å². The molecule has 1 aliphatic heterocycles. The molecule has 0 saturated heterocycles. The SMILES string of the molecule is CCNC1CN(CCCOC)S(=O)(=O)c2sc(SNC(=O)CO[N+](=O)[O-])cc21. The van der Waals surface area contributed by atoms with Crippen LogP contribution in [0.1, 0.15) is 24.9 Å². The number of carbonyl (C=O) groups excluding carboxylic acids is 1. The summed E-state index contributed by atoms with van der Waals surface area (Å²) in [7, 11) is -2.07. The van der Waals surface area contributed by atoms with Gasteiger partial charge in [0.25, 0.3) is 21.0 Å². The first-order valence-electron chi connectivity index (χ1n) is 8.38. The summed E-state index contributed by atoms with van der Waals surface area (Å²) in [5.74, 6) is -0.694. The molecule has 0 bridgehead atoms. The zero-order valence-electron chi connectivity index (χ0n) is 15.4. The molecule has 28 heavy (non-hydrogen) atoms. The van der Waals surface area contributed by atoms with Crippen LogP contribution in [-0.2, 0) is 24.4 Å². The van der Waals surface area contributed by atoms with Crippen LogP contribution >= 0.6 is 23.3 Å². The van der Waals surface area contributed by atoms with Gasteiger partial charge < -0.3 is 14.9 Å². The zero-order valence-corrected chi connectivity index (χ0v) is 17.8. The molecular formula is C14H22N4O7S3. The van der Waals surface area contributed by atoms with Crippen LogP contribution in [0.25, 0.3) is 0 Å². The average molecular weight is 455 g/mol. The van der Waals surface area contributed by atoms with Crippen LogP contribution in [0.5, 0.6) is 0 Å². The van der Waals surface area contributed by atoms with Gasteiger partial charge in [0.05, 0.1) is 4.21 Å². The van der Waals surface area contributed by atoms with Crippen LogP contribution in [0.2, 0.25) is 0 Å². The fourth-order valence-corrected chi connectivity index (χ4v) is 6.95. The number of nitrogens with one attached hydrogen (secondary N) is 2. The molecule has 2 N–H and O–H groups in total. The van der Waals surface area contributed by atoms with Gasteiger partial charge in [0.2, 0.25) is 0 Å². The van der Waals surface area contributed by atoms with Crippen molar-refractivity contribution < 1.29 is 27.9 Å². The van der Waals surface area contributed by atoms with E-state index in [4.69, 9.17) is 4.74 Å². The number of nitrogens with zero attached hydrogens (tertiary/aromatic N) is 2. The van der Waals surface area contributed by atoms with Crippen molar-refractivity contribution in [3.63, 3.8) is 0 Å². The van der Waals surface area contributed by atoms with Crippen LogP contribution in [0, 0.1) is 10.1 Å². The Bertz CT molecular complexity index is 799. The highest BCUT2D eigenvalue weighted by molar-refractivity contribution is 8.00. The van der Waals surface area contributed by atoms with Gasteiger partial charge in [-0.3, -0.25) is 9.52 Å². The molecule has 0 saturated carbocycles. The molecule has 0 aliphatic carbocycles. The predicted molar refractivity (Wildman–Crippen MR) is 103 cm³/mol. The van der Waals surface area contributed by atoms with Gasteiger partial charge in [-0.15, -0.1) is 21.5 Å². The first-order chi connectivity index (χ1) is 13.3. The molecule has 14 heteroatoms. The number of carbonyl (C=O) groups is 1. The number of ether oxygens (including phenoxy) is 1. The summed E-state index contributed by atoms with van der Waals surface area (Å²) < 4.78 is 35.6. The van der Waals surface area contributed by atoms with Gasteiger partial charge in [0.1, 0.15) is 4.21 Å². The van der Waals surface area contributed by atoms with Gasteiger partial charge >= 0.3 is 0 Å². The molecule has 2 rings (SSSR count). The van der Waals surface area contributed by atoms with Crippen LogP contribution in [0.4, 0.5) is 0 Å². The molecule has 0 radical (unpaired) electrons. The van der Waals surface area contributed by atoms with Crippen molar-refractivity contribution in [2.24, 2.45) is 0 Å². The highest BCUT2D eigenvalue weighted by Crippen LogP contribution is 2.41. The Morgan fingerprint density at radius 2 is 2.29 bits per heavy atom. The molecule has 1 aromatic heterocycles. The van der Waals surface area contributed by atoms with E-state index >= 15 is 0 Å². The van der Waals surface area contributed by atoms with Gasteiger partial charge in [-0.25, -0.2) is 8.42 Å². The molecule has 0 fully saturated rings. The third-order valence-corrected chi connectivity index (χ3v) is 8.30. The van der Waals surface area contributed by atoms with Crippen molar-refractivity contribution in [3.05, 3.63) is 21.7 Å². The minimum atomic E-state index is -3.64. The summed E-state index contributed by atoms with van der Waals surface area (Å²) in [6, 6.07) is 1.56. The Kier molecular flexibility index (Phi) is 8.45. The van der Waals surface area contributed by atoms with Crippen molar-refractivity contribution in [1.82, 2.24) is 14.3 Å². The number of likely N-dealkylation sites (N-methyl/N-ethyl adjacent to an activating group) is 1. The van der Waals surface area contributed by atoms with Crippen molar-refractivity contribution in [2.75, 3.05) is 40.0 Å². The standard InChI is InChI=1S/C14H22N4O7S3/c1-3-15-11-8-17(5-4-6-24-2)28(22,23)14-10(11)7-13(26-14)27-16-12(19)9-25-18(20)21/h7,11,15H,3-6,8-9H2,1-2H3,(H,16,19). The Morgan fingerprint density at radius 1 is 1.54 bits per heavy atom. The van der Waals surface area contributed by atoms with E-state index in [2.05, 4.69) is 14.9 Å². The lowest BCUT2D eigenvalue weighted by Crippen LogP contribution is -2.43. The van der Waals surface area contributed by atoms with Crippen molar-refractivity contribution in [3.8, 4) is 0 Å². The lowest BCUT2D eigenvalue weighted by molar-refractivity contribution is -0.754. The van der Waals surface area contributed by atoms with Crippen molar-refractivity contribution in [1.29, 1.82) is 0 Å². The van der Waals surface area contributed by atoms with Gasteiger partial charge in [-0.1, -0.05) is 6.92 Å². The first kappa shape index (κ1) is 22.8. The summed E-state index contributed by atoms with van der Waals surface area (Å²) >= 11 is 1.96. The number of sulfonamides is 1. The van der Waals surface area contributed by atoms with Gasteiger partial charge in [-0.05, 0) is 31.0 Å². The normalized spacial score (nSPS) is 18.4. The average Bonchev–Trinajstić information content (AvgIpc) is 3.08. The largest absolute Gasteiger partial charge is 0.385 e. The van der Waals surface area contributed by atoms with E-state index in [0.717, 1.165) is 23.3 Å². The Hall–Kier alpha value is -1.45. The van der Waals surface area contributed by atoms with E-state index in [1.54, 1.807) is 13.2 Å². The van der Waals surface area contributed by atoms with E-state index in [1.165, 1.54) is 4.31 Å². The fraction of sp³-hybridized carbons (Fsp3) is 0.643. The van der Waals surface area contributed by atoms with Crippen LogP contribution < -0.4 is 10.0 Å². The second-order valence-electron chi connectivity index (χ2n) is 5.75. The molecule has 1 aromatic rings. The third-order valence-electron chi connectivity index (χ3n) is 3.81. The summed E-state index contributed by atoms with van der Waals surface area (Å²) in [6.45, 7) is 3.02. The maximum absolute atomic E-state index is 13.0. The first-order valence-corrected chi connectivity index (χ1v) is 11.5. The van der Waals surface area contributed by atoms with E-state index in [0.29, 0.717) is 42.4 Å². The molecule has 1 unspecified atom stereocenters. The van der Waals surface area contributed by atoms with Crippen LogP contribution in [0.15, 0.2) is 14.5 Å². The Balaban J connectivity index is 2.15. The van der Waals surface area contributed by atoms with Crippen LogP contribution in [-0.4, -0.2) is 63.7 Å².